The van der Waals surface area contributed by atoms with Gasteiger partial charge >= 0.3 is 0 Å². The molecular formula is C15H19N3OS. The molecule has 0 bridgehead atoms. The van der Waals surface area contributed by atoms with Gasteiger partial charge in [-0.3, -0.25) is 4.79 Å². The maximum atomic E-state index is 10.8. The molecule has 106 valence electrons. The molecule has 0 radical (unpaired) electrons. The smallest absolute Gasteiger partial charge is 0.216 e. The minimum absolute atomic E-state index is 0.0192. The number of carbonyl (C=O) groups excluding carboxylic acids is 1. The second-order valence-corrected chi connectivity index (χ2v) is 5.28. The minimum atomic E-state index is 0.0192. The fraction of sp³-hybridized carbons (Fsp3) is 0.333. The molecular weight excluding hydrogens is 270 g/mol. The average molecular weight is 289 g/mol. The van der Waals surface area contributed by atoms with Crippen LogP contribution in [0.5, 0.6) is 0 Å². The minimum Gasteiger partial charge on any atom is -0.356 e. The number of nitrogens with one attached hydrogen (secondary N) is 1. The first-order valence-electron chi connectivity index (χ1n) is 6.61. The molecule has 5 heteroatoms. The first-order valence-corrected chi connectivity index (χ1v) is 7.84. The first-order chi connectivity index (χ1) is 9.70. The molecule has 0 unspecified atom stereocenters. The Bertz CT molecular complexity index is 566. The molecule has 1 amide bonds. The zero-order valence-electron chi connectivity index (χ0n) is 11.8. The summed E-state index contributed by atoms with van der Waals surface area (Å²) in [6.07, 6.45) is 5.01. The van der Waals surface area contributed by atoms with Crippen molar-refractivity contribution in [2.45, 2.75) is 25.0 Å². The van der Waals surface area contributed by atoms with Gasteiger partial charge in [0.25, 0.3) is 0 Å². The summed E-state index contributed by atoms with van der Waals surface area (Å²) in [7, 11) is 0. The third-order valence-corrected chi connectivity index (χ3v) is 3.63. The van der Waals surface area contributed by atoms with E-state index < -0.39 is 0 Å². The van der Waals surface area contributed by atoms with Crippen LogP contribution >= 0.6 is 11.8 Å². The van der Waals surface area contributed by atoms with Crippen molar-refractivity contribution in [3.63, 3.8) is 0 Å². The van der Waals surface area contributed by atoms with Crippen LogP contribution in [-0.4, -0.2) is 28.3 Å². The molecule has 1 N–H and O–H groups in total. The first kappa shape index (κ1) is 14.7. The van der Waals surface area contributed by atoms with Crippen LogP contribution in [0, 0.1) is 0 Å². The van der Waals surface area contributed by atoms with Crippen LogP contribution in [0.15, 0.2) is 41.7 Å². The number of thioether (sulfide) groups is 1. The Morgan fingerprint density at radius 1 is 1.35 bits per heavy atom. The highest BCUT2D eigenvalue weighted by molar-refractivity contribution is 7.98. The van der Waals surface area contributed by atoms with Crippen molar-refractivity contribution in [3.05, 3.63) is 36.5 Å². The Morgan fingerprint density at radius 3 is 2.75 bits per heavy atom. The van der Waals surface area contributed by atoms with Crippen molar-refractivity contribution in [2.75, 3.05) is 12.8 Å². The number of imidazole rings is 1. The van der Waals surface area contributed by atoms with E-state index >= 15 is 0 Å². The molecule has 20 heavy (non-hydrogen) atoms. The lowest BCUT2D eigenvalue weighted by Crippen LogP contribution is -2.21. The highest BCUT2D eigenvalue weighted by Crippen LogP contribution is 2.22. The highest BCUT2D eigenvalue weighted by Gasteiger charge is 2.08. The van der Waals surface area contributed by atoms with Crippen molar-refractivity contribution in [2.24, 2.45) is 0 Å². The molecule has 0 atom stereocenters. The summed E-state index contributed by atoms with van der Waals surface area (Å²) in [5.74, 6) is 0.0192. The van der Waals surface area contributed by atoms with Gasteiger partial charge < -0.3 is 9.88 Å². The second-order valence-electron chi connectivity index (χ2n) is 4.51. The van der Waals surface area contributed by atoms with E-state index in [4.69, 9.17) is 0 Å². The quantitative estimate of drug-likeness (QED) is 0.657. The fourth-order valence-corrected chi connectivity index (χ4v) is 2.55. The number of rotatable bonds is 6. The molecule has 0 saturated heterocycles. The molecule has 0 spiro atoms. The summed E-state index contributed by atoms with van der Waals surface area (Å²) >= 11 is 1.64. The van der Waals surface area contributed by atoms with E-state index in [1.807, 2.05) is 24.5 Å². The predicted molar refractivity (Wildman–Crippen MR) is 82.7 cm³/mol. The van der Waals surface area contributed by atoms with Crippen molar-refractivity contribution < 1.29 is 4.79 Å². The molecule has 1 aromatic heterocycles. The van der Waals surface area contributed by atoms with Crippen molar-refractivity contribution in [3.8, 4) is 11.3 Å². The second kappa shape index (κ2) is 7.14. The van der Waals surface area contributed by atoms with Crippen LogP contribution in [0.2, 0.25) is 0 Å². The number of hydrogen-bond donors (Lipinski definition) is 1. The van der Waals surface area contributed by atoms with Crippen LogP contribution in [-0.2, 0) is 11.3 Å². The van der Waals surface area contributed by atoms with Crippen LogP contribution in [0.4, 0.5) is 0 Å². The molecule has 2 aromatic rings. The number of nitrogens with zero attached hydrogens (tertiary/aromatic N) is 2. The van der Waals surface area contributed by atoms with E-state index in [2.05, 4.69) is 33.2 Å². The van der Waals surface area contributed by atoms with Gasteiger partial charge in [0.1, 0.15) is 0 Å². The summed E-state index contributed by atoms with van der Waals surface area (Å²) in [6.45, 7) is 3.09. The van der Waals surface area contributed by atoms with Gasteiger partial charge in [0.05, 0.1) is 5.69 Å². The molecule has 1 aromatic carbocycles. The van der Waals surface area contributed by atoms with E-state index in [9.17, 15) is 4.79 Å². The van der Waals surface area contributed by atoms with Crippen LogP contribution in [0.25, 0.3) is 11.3 Å². The third kappa shape index (κ3) is 3.87. The van der Waals surface area contributed by atoms with Crippen molar-refractivity contribution in [1.82, 2.24) is 14.9 Å². The lowest BCUT2D eigenvalue weighted by molar-refractivity contribution is -0.118. The lowest BCUT2D eigenvalue weighted by atomic mass is 10.2. The van der Waals surface area contributed by atoms with Crippen LogP contribution in [0.3, 0.4) is 0 Å². The molecule has 0 aliphatic heterocycles. The summed E-state index contributed by atoms with van der Waals surface area (Å²) in [4.78, 5) is 15.5. The van der Waals surface area contributed by atoms with E-state index in [1.54, 1.807) is 11.8 Å². The number of aromatic nitrogens is 2. The summed E-state index contributed by atoms with van der Waals surface area (Å²) < 4.78 is 2.15. The summed E-state index contributed by atoms with van der Waals surface area (Å²) in [6, 6.07) is 10.2. The molecule has 2 rings (SSSR count). The Hall–Kier alpha value is -1.75. The monoisotopic (exact) mass is 289 g/mol. The third-order valence-electron chi connectivity index (χ3n) is 2.94. The number of carbonyl (C=O) groups is 1. The Labute approximate surface area is 123 Å². The highest BCUT2D eigenvalue weighted by atomic mass is 32.2. The van der Waals surface area contributed by atoms with Crippen LogP contribution < -0.4 is 5.32 Å². The summed E-state index contributed by atoms with van der Waals surface area (Å²) in [5.41, 5.74) is 2.12. The fourth-order valence-electron chi connectivity index (χ4n) is 1.98. The van der Waals surface area contributed by atoms with Gasteiger partial charge in [0.2, 0.25) is 5.91 Å². The normalized spacial score (nSPS) is 10.5. The molecule has 0 aliphatic carbocycles. The lowest BCUT2D eigenvalue weighted by Gasteiger charge is -2.05. The molecule has 4 nitrogen and oxygen atoms in total. The number of benzene rings is 1. The zero-order valence-corrected chi connectivity index (χ0v) is 12.6. The Balaban J connectivity index is 2.05. The van der Waals surface area contributed by atoms with Crippen LogP contribution in [0.1, 0.15) is 13.3 Å². The molecule has 1 heterocycles. The Morgan fingerprint density at radius 2 is 2.10 bits per heavy atom. The maximum absolute atomic E-state index is 10.8. The van der Waals surface area contributed by atoms with E-state index in [-0.39, 0.29) is 5.91 Å². The SMILES string of the molecule is CSc1nc(-c2ccccc2)cn1CCCNC(C)=O. The topological polar surface area (TPSA) is 46.9 Å². The molecule has 0 fully saturated rings. The van der Waals surface area contributed by atoms with Crippen molar-refractivity contribution in [1.29, 1.82) is 0 Å². The van der Waals surface area contributed by atoms with E-state index in [1.165, 1.54) is 6.92 Å². The van der Waals surface area contributed by atoms with E-state index in [0.717, 1.165) is 29.4 Å². The van der Waals surface area contributed by atoms with Gasteiger partial charge in [-0.2, -0.15) is 0 Å². The molecule has 0 aliphatic rings. The number of hydrogen-bond acceptors (Lipinski definition) is 3. The van der Waals surface area contributed by atoms with Gasteiger partial charge in [-0.25, -0.2) is 4.98 Å². The summed E-state index contributed by atoms with van der Waals surface area (Å²) in [5, 5.41) is 3.82. The van der Waals surface area contributed by atoms with Gasteiger partial charge in [0, 0.05) is 31.8 Å². The van der Waals surface area contributed by atoms with Gasteiger partial charge in [-0.05, 0) is 12.7 Å². The standard InChI is InChI=1S/C15H19N3OS/c1-12(19)16-9-6-10-18-11-14(17-15(18)20-2)13-7-4-3-5-8-13/h3-5,7-8,11H,6,9-10H2,1-2H3,(H,16,19). The number of aryl methyl sites for hydroxylation is 1. The van der Waals surface area contributed by atoms with Crippen molar-refractivity contribution >= 4 is 17.7 Å². The zero-order chi connectivity index (χ0) is 14.4. The molecule has 0 saturated carbocycles. The maximum Gasteiger partial charge on any atom is 0.216 e. The van der Waals surface area contributed by atoms with E-state index in [0.29, 0.717) is 6.54 Å². The number of amides is 1. The predicted octanol–water partition coefficient (Wildman–Crippen LogP) is 2.80. The van der Waals surface area contributed by atoms with Gasteiger partial charge in [0.15, 0.2) is 5.16 Å². The van der Waals surface area contributed by atoms with Gasteiger partial charge in [-0.1, -0.05) is 42.1 Å². The Kier molecular flexibility index (Phi) is 5.24. The largest absolute Gasteiger partial charge is 0.356 e. The van der Waals surface area contributed by atoms with Gasteiger partial charge in [-0.15, -0.1) is 0 Å². The average Bonchev–Trinajstić information content (AvgIpc) is 2.87.